The molecule has 0 saturated heterocycles. The highest BCUT2D eigenvalue weighted by atomic mass is 35.5. The third-order valence-corrected chi connectivity index (χ3v) is 3.94. The van der Waals surface area contributed by atoms with Gasteiger partial charge in [-0.2, -0.15) is 12.6 Å². The molecule has 2 atom stereocenters. The minimum absolute atomic E-state index is 0.128. The number of halogens is 1. The molecule has 1 aromatic carbocycles. The lowest BCUT2D eigenvalue weighted by molar-refractivity contribution is 0.0929. The Bertz CT molecular complexity index is 453. The number of carbonyl (C=O) groups excluding carboxylic acids is 1. The molecule has 98 valence electrons. The fourth-order valence-electron chi connectivity index (χ4n) is 2.30. The average molecular weight is 285 g/mol. The first-order chi connectivity index (χ1) is 8.56. The molecule has 0 aliphatic heterocycles. The number of nitrogens with one attached hydrogen (secondary N) is 1. The molecule has 0 aromatic heterocycles. The maximum absolute atomic E-state index is 12.1. The van der Waals surface area contributed by atoms with Crippen molar-refractivity contribution < 1.29 is 4.79 Å². The van der Waals surface area contributed by atoms with Crippen LogP contribution in [0, 0.1) is 0 Å². The lowest BCUT2D eigenvalue weighted by atomic mass is 9.94. The van der Waals surface area contributed by atoms with E-state index in [4.69, 9.17) is 17.3 Å². The van der Waals surface area contributed by atoms with Crippen LogP contribution in [-0.4, -0.2) is 17.2 Å². The smallest absolute Gasteiger partial charge is 0.253 e. The van der Waals surface area contributed by atoms with Crippen LogP contribution in [0.3, 0.4) is 0 Å². The summed E-state index contributed by atoms with van der Waals surface area (Å²) in [6.07, 6.45) is 4.16. The van der Waals surface area contributed by atoms with Crippen LogP contribution in [0.2, 0.25) is 5.02 Å². The molecule has 0 spiro atoms. The van der Waals surface area contributed by atoms with E-state index in [1.165, 1.54) is 0 Å². The maximum atomic E-state index is 12.1. The molecule has 5 heteroatoms. The fourth-order valence-corrected chi connectivity index (χ4v) is 2.92. The second-order valence-corrected chi connectivity index (χ2v) is 5.89. The van der Waals surface area contributed by atoms with Gasteiger partial charge in [0.15, 0.2) is 0 Å². The summed E-state index contributed by atoms with van der Waals surface area (Å²) in [4.78, 5) is 12.1. The monoisotopic (exact) mass is 284 g/mol. The van der Waals surface area contributed by atoms with Crippen LogP contribution >= 0.6 is 24.2 Å². The Balaban J connectivity index is 2.03. The van der Waals surface area contributed by atoms with Gasteiger partial charge in [0.05, 0.1) is 5.56 Å². The topological polar surface area (TPSA) is 55.1 Å². The van der Waals surface area contributed by atoms with Gasteiger partial charge < -0.3 is 11.1 Å². The van der Waals surface area contributed by atoms with Gasteiger partial charge in [0, 0.05) is 22.0 Å². The van der Waals surface area contributed by atoms with Crippen molar-refractivity contribution in [1.29, 1.82) is 0 Å². The van der Waals surface area contributed by atoms with Crippen LogP contribution in [0.5, 0.6) is 0 Å². The molecule has 1 aliphatic rings. The highest BCUT2D eigenvalue weighted by Gasteiger charge is 2.22. The minimum atomic E-state index is -0.128. The van der Waals surface area contributed by atoms with Crippen LogP contribution in [0.15, 0.2) is 18.2 Å². The van der Waals surface area contributed by atoms with Gasteiger partial charge in [0.1, 0.15) is 0 Å². The third-order valence-electron chi connectivity index (χ3n) is 3.24. The van der Waals surface area contributed by atoms with Crippen molar-refractivity contribution in [3.8, 4) is 0 Å². The minimum Gasteiger partial charge on any atom is -0.398 e. The summed E-state index contributed by atoms with van der Waals surface area (Å²) < 4.78 is 0. The molecular formula is C13H17ClN2OS. The summed E-state index contributed by atoms with van der Waals surface area (Å²) in [5, 5.41) is 3.94. The second kappa shape index (κ2) is 5.85. The Morgan fingerprint density at radius 2 is 2.22 bits per heavy atom. The van der Waals surface area contributed by atoms with Crippen LogP contribution < -0.4 is 11.1 Å². The number of carbonyl (C=O) groups is 1. The van der Waals surface area contributed by atoms with Gasteiger partial charge in [-0.25, -0.2) is 0 Å². The highest BCUT2D eigenvalue weighted by Crippen LogP contribution is 2.23. The first-order valence-corrected chi connectivity index (χ1v) is 6.99. The number of thiol groups is 1. The van der Waals surface area contributed by atoms with E-state index in [-0.39, 0.29) is 11.9 Å². The third kappa shape index (κ3) is 3.33. The summed E-state index contributed by atoms with van der Waals surface area (Å²) in [6, 6.07) is 5.13. The molecule has 0 unspecified atom stereocenters. The molecule has 1 saturated carbocycles. The Kier molecular flexibility index (Phi) is 4.40. The summed E-state index contributed by atoms with van der Waals surface area (Å²) in [5.41, 5.74) is 6.70. The van der Waals surface area contributed by atoms with E-state index >= 15 is 0 Å². The van der Waals surface area contributed by atoms with E-state index in [1.807, 2.05) is 0 Å². The van der Waals surface area contributed by atoms with Crippen molar-refractivity contribution in [2.24, 2.45) is 0 Å². The molecule has 1 aliphatic carbocycles. The first kappa shape index (κ1) is 13.6. The number of amides is 1. The van der Waals surface area contributed by atoms with Gasteiger partial charge in [0.2, 0.25) is 0 Å². The second-order valence-electron chi connectivity index (χ2n) is 4.72. The van der Waals surface area contributed by atoms with Gasteiger partial charge in [-0.3, -0.25) is 4.79 Å². The summed E-state index contributed by atoms with van der Waals surface area (Å²) in [7, 11) is 0. The standard InChI is InChI=1S/C13H17ClN2OS/c14-8-4-5-11(12(15)6-8)13(17)16-9-2-1-3-10(18)7-9/h4-6,9-10,18H,1-3,7,15H2,(H,16,17)/t9-,10+/m0/s1. The van der Waals surface area contributed by atoms with Gasteiger partial charge >= 0.3 is 0 Å². The van der Waals surface area contributed by atoms with Crippen molar-refractivity contribution in [3.05, 3.63) is 28.8 Å². The number of hydrogen-bond acceptors (Lipinski definition) is 3. The Labute approximate surface area is 117 Å². The number of anilines is 1. The summed E-state index contributed by atoms with van der Waals surface area (Å²) in [5.74, 6) is -0.128. The lowest BCUT2D eigenvalue weighted by Gasteiger charge is -2.27. The molecule has 1 amide bonds. The molecule has 1 aromatic rings. The largest absolute Gasteiger partial charge is 0.398 e. The van der Waals surface area contributed by atoms with Crippen molar-refractivity contribution in [1.82, 2.24) is 5.32 Å². The summed E-state index contributed by atoms with van der Waals surface area (Å²) >= 11 is 10.3. The van der Waals surface area contributed by atoms with Crippen molar-refractivity contribution in [2.45, 2.75) is 37.0 Å². The lowest BCUT2D eigenvalue weighted by Crippen LogP contribution is -2.38. The Morgan fingerprint density at radius 3 is 2.89 bits per heavy atom. The van der Waals surface area contributed by atoms with Crippen molar-refractivity contribution in [3.63, 3.8) is 0 Å². The first-order valence-electron chi connectivity index (χ1n) is 6.10. The van der Waals surface area contributed by atoms with Gasteiger partial charge in [0.25, 0.3) is 5.91 Å². The molecule has 3 nitrogen and oxygen atoms in total. The molecule has 1 fully saturated rings. The number of rotatable bonds is 2. The van der Waals surface area contributed by atoms with Crippen LogP contribution in [0.25, 0.3) is 0 Å². The van der Waals surface area contributed by atoms with E-state index in [2.05, 4.69) is 17.9 Å². The Morgan fingerprint density at radius 1 is 1.44 bits per heavy atom. The van der Waals surface area contributed by atoms with E-state index in [0.29, 0.717) is 21.5 Å². The normalized spacial score (nSPS) is 23.7. The number of nitrogens with two attached hydrogens (primary N) is 1. The van der Waals surface area contributed by atoms with E-state index in [1.54, 1.807) is 18.2 Å². The average Bonchev–Trinajstić information content (AvgIpc) is 2.28. The summed E-state index contributed by atoms with van der Waals surface area (Å²) in [6.45, 7) is 0. The zero-order valence-electron chi connectivity index (χ0n) is 10.0. The molecule has 0 radical (unpaired) electrons. The molecule has 2 rings (SSSR count). The highest BCUT2D eigenvalue weighted by molar-refractivity contribution is 7.80. The van der Waals surface area contributed by atoms with Crippen molar-refractivity contribution in [2.75, 3.05) is 5.73 Å². The molecule has 0 heterocycles. The zero-order valence-corrected chi connectivity index (χ0v) is 11.7. The number of hydrogen-bond donors (Lipinski definition) is 3. The van der Waals surface area contributed by atoms with E-state index in [0.717, 1.165) is 25.7 Å². The number of benzene rings is 1. The predicted molar refractivity (Wildman–Crippen MR) is 78.4 cm³/mol. The molecule has 18 heavy (non-hydrogen) atoms. The van der Waals surface area contributed by atoms with Crippen LogP contribution in [0.4, 0.5) is 5.69 Å². The van der Waals surface area contributed by atoms with Crippen LogP contribution in [-0.2, 0) is 0 Å². The van der Waals surface area contributed by atoms with Crippen molar-refractivity contribution >= 4 is 35.8 Å². The molecular weight excluding hydrogens is 268 g/mol. The molecule has 0 bridgehead atoms. The SMILES string of the molecule is Nc1cc(Cl)ccc1C(=O)N[C@H]1CCC[C@@H](S)C1. The predicted octanol–water partition coefficient (Wildman–Crippen LogP) is 2.89. The molecule has 3 N–H and O–H groups in total. The van der Waals surface area contributed by atoms with Crippen LogP contribution in [0.1, 0.15) is 36.0 Å². The van der Waals surface area contributed by atoms with E-state index < -0.39 is 0 Å². The quantitative estimate of drug-likeness (QED) is 0.578. The van der Waals surface area contributed by atoms with Gasteiger partial charge in [-0.1, -0.05) is 18.0 Å². The number of nitrogen functional groups attached to an aromatic ring is 1. The maximum Gasteiger partial charge on any atom is 0.253 e. The zero-order chi connectivity index (χ0) is 13.1. The van der Waals surface area contributed by atoms with Gasteiger partial charge in [-0.05, 0) is 37.5 Å². The van der Waals surface area contributed by atoms with E-state index in [9.17, 15) is 4.79 Å². The Hall–Kier alpha value is -0.870. The fraction of sp³-hybridized carbons (Fsp3) is 0.462. The van der Waals surface area contributed by atoms with Gasteiger partial charge in [-0.15, -0.1) is 0 Å².